The number of carbonyl (C=O) groups is 2. The predicted octanol–water partition coefficient (Wildman–Crippen LogP) is 1.41. The largest absolute Gasteiger partial charge is 0.573 e. The third-order valence-corrected chi connectivity index (χ3v) is 4.39. The number of nitrogens with one attached hydrogen (secondary N) is 3. The molecule has 1 atom stereocenters. The van der Waals surface area contributed by atoms with Crippen molar-refractivity contribution in [2.24, 2.45) is 5.73 Å². The molecule has 1 aliphatic heterocycles. The lowest BCUT2D eigenvalue weighted by Gasteiger charge is -2.15. The lowest BCUT2D eigenvalue weighted by atomic mass is 10.2. The van der Waals surface area contributed by atoms with Crippen LogP contribution in [0.4, 0.5) is 29.6 Å². The van der Waals surface area contributed by atoms with Crippen LogP contribution in [0.2, 0.25) is 0 Å². The molecule has 1 aliphatic rings. The number of nitrogens with two attached hydrogens (primary N) is 1. The molecule has 31 heavy (non-hydrogen) atoms. The molecule has 3 rings (SSSR count). The van der Waals surface area contributed by atoms with Crippen molar-refractivity contribution < 1.29 is 27.5 Å². The maximum Gasteiger partial charge on any atom is 0.573 e. The van der Waals surface area contributed by atoms with Gasteiger partial charge in [0, 0.05) is 30.9 Å². The van der Waals surface area contributed by atoms with Gasteiger partial charge in [-0.05, 0) is 18.6 Å². The van der Waals surface area contributed by atoms with Gasteiger partial charge in [-0.15, -0.1) is 13.2 Å². The fourth-order valence-electron chi connectivity index (χ4n) is 2.94. The quantitative estimate of drug-likeness (QED) is 0.554. The summed E-state index contributed by atoms with van der Waals surface area (Å²) < 4.78 is 41.2. The summed E-state index contributed by atoms with van der Waals surface area (Å²) in [6.45, 7) is 0.939. The first-order valence-electron chi connectivity index (χ1n) is 9.15. The first-order chi connectivity index (χ1) is 14.6. The first kappa shape index (κ1) is 22.1. The summed E-state index contributed by atoms with van der Waals surface area (Å²) in [4.78, 5) is 44.2. The van der Waals surface area contributed by atoms with Crippen molar-refractivity contribution in [2.45, 2.75) is 25.2 Å². The molecular formula is C18H19F3N6O4. The van der Waals surface area contributed by atoms with E-state index in [1.54, 1.807) is 4.90 Å². The minimum Gasteiger partial charge on any atom is -0.404 e. The number of benzene rings is 1. The summed E-state index contributed by atoms with van der Waals surface area (Å²) in [5, 5.41) is 4.38. The molecule has 0 bridgehead atoms. The number of aromatic nitrogens is 2. The third kappa shape index (κ3) is 6.18. The summed E-state index contributed by atoms with van der Waals surface area (Å²) in [6, 6.07) is 3.89. The minimum absolute atomic E-state index is 0.0860. The highest BCUT2D eigenvalue weighted by atomic mass is 19.4. The number of urea groups is 1. The number of carbonyl (C=O) groups excluding carboxylic acids is 2. The molecule has 1 fully saturated rings. The van der Waals surface area contributed by atoms with Gasteiger partial charge in [0.25, 0.3) is 5.56 Å². The van der Waals surface area contributed by atoms with Crippen molar-refractivity contribution in [3.63, 3.8) is 0 Å². The Balaban J connectivity index is 1.62. The zero-order valence-corrected chi connectivity index (χ0v) is 16.0. The maximum absolute atomic E-state index is 12.5. The van der Waals surface area contributed by atoms with Gasteiger partial charge in [-0.2, -0.15) is 0 Å². The van der Waals surface area contributed by atoms with Gasteiger partial charge >= 0.3 is 12.4 Å². The molecule has 1 aromatic heterocycles. The molecule has 3 amide bonds. The smallest absolute Gasteiger partial charge is 0.404 e. The van der Waals surface area contributed by atoms with Crippen LogP contribution in [0.15, 0.2) is 35.3 Å². The molecule has 1 saturated heterocycles. The fourth-order valence-corrected chi connectivity index (χ4v) is 2.94. The number of ether oxygens (including phenoxy) is 1. The highest BCUT2D eigenvalue weighted by molar-refractivity contribution is 5.99. The number of H-pyrrole nitrogens is 1. The lowest BCUT2D eigenvalue weighted by molar-refractivity contribution is -0.274. The summed E-state index contributed by atoms with van der Waals surface area (Å²) in [6.07, 6.45) is -3.28. The van der Waals surface area contributed by atoms with Gasteiger partial charge in [0.15, 0.2) is 5.75 Å². The van der Waals surface area contributed by atoms with Crippen LogP contribution in [0.5, 0.6) is 5.75 Å². The zero-order valence-electron chi connectivity index (χ0n) is 16.0. The Kier molecular flexibility index (Phi) is 6.44. The second kappa shape index (κ2) is 9.04. The number of nitrogens with zero attached hydrogens (tertiary/aromatic N) is 2. The predicted molar refractivity (Wildman–Crippen MR) is 104 cm³/mol. The summed E-state index contributed by atoms with van der Waals surface area (Å²) in [7, 11) is 0. The topological polar surface area (TPSA) is 142 Å². The van der Waals surface area contributed by atoms with E-state index in [1.807, 2.05) is 0 Å². The number of rotatable bonds is 5. The lowest BCUT2D eigenvalue weighted by Crippen LogP contribution is -2.34. The molecule has 0 saturated carbocycles. The number of para-hydroxylation sites is 2. The standard InChI is InChI=1S/C18H19F3N6O4/c19-18(20,21)31-13-4-2-1-3-12(13)24-17(30)26-16-23-8-10(15(29)25-16)7-14(28)27-6-5-11(22)9-27/h1-4,8,11H,5-7,9,22H2,(H3,23,24,25,26,29,30)/t11-/m1/s1. The Morgan fingerprint density at radius 2 is 2.03 bits per heavy atom. The van der Waals surface area contributed by atoms with Crippen molar-refractivity contribution in [3.05, 3.63) is 46.4 Å². The molecule has 2 heterocycles. The van der Waals surface area contributed by atoms with Crippen molar-refractivity contribution in [1.82, 2.24) is 14.9 Å². The van der Waals surface area contributed by atoms with E-state index in [0.717, 1.165) is 12.3 Å². The number of alkyl halides is 3. The number of hydrogen-bond donors (Lipinski definition) is 4. The second-order valence-electron chi connectivity index (χ2n) is 6.77. The van der Waals surface area contributed by atoms with E-state index in [9.17, 15) is 27.6 Å². The van der Waals surface area contributed by atoms with E-state index >= 15 is 0 Å². The van der Waals surface area contributed by atoms with Crippen LogP contribution in [-0.4, -0.2) is 52.3 Å². The molecule has 1 aromatic carbocycles. The maximum atomic E-state index is 12.5. The molecular weight excluding hydrogens is 421 g/mol. The Bertz CT molecular complexity index is 1030. The zero-order chi connectivity index (χ0) is 22.6. The van der Waals surface area contributed by atoms with Crippen LogP contribution in [0.25, 0.3) is 0 Å². The highest BCUT2D eigenvalue weighted by Gasteiger charge is 2.32. The molecule has 0 radical (unpaired) electrons. The van der Waals surface area contributed by atoms with Crippen LogP contribution in [0.3, 0.4) is 0 Å². The second-order valence-corrected chi connectivity index (χ2v) is 6.77. The molecule has 0 unspecified atom stereocenters. The van der Waals surface area contributed by atoms with Gasteiger partial charge in [-0.1, -0.05) is 12.1 Å². The van der Waals surface area contributed by atoms with Crippen LogP contribution >= 0.6 is 0 Å². The van der Waals surface area contributed by atoms with E-state index in [2.05, 4.69) is 25.3 Å². The average Bonchev–Trinajstić information content (AvgIpc) is 3.11. The van der Waals surface area contributed by atoms with Crippen LogP contribution in [-0.2, 0) is 11.2 Å². The fraction of sp³-hybridized carbons (Fsp3) is 0.333. The van der Waals surface area contributed by atoms with E-state index in [1.165, 1.54) is 18.2 Å². The SMILES string of the molecule is N[C@@H]1CCN(C(=O)Cc2cnc(NC(=O)Nc3ccccc3OC(F)(F)F)[nH]c2=O)C1. The van der Waals surface area contributed by atoms with Gasteiger partial charge in [-0.25, -0.2) is 9.78 Å². The third-order valence-electron chi connectivity index (χ3n) is 4.39. The number of amides is 3. The van der Waals surface area contributed by atoms with Crippen molar-refractivity contribution >= 4 is 23.6 Å². The molecule has 5 N–H and O–H groups in total. The average molecular weight is 440 g/mol. The van der Waals surface area contributed by atoms with Crippen LogP contribution in [0, 0.1) is 0 Å². The van der Waals surface area contributed by atoms with Gasteiger partial charge in [0.05, 0.1) is 12.1 Å². The molecule has 13 heteroatoms. The van der Waals surface area contributed by atoms with Gasteiger partial charge < -0.3 is 20.7 Å². The number of aromatic amines is 1. The van der Waals surface area contributed by atoms with Gasteiger partial charge in [0.2, 0.25) is 11.9 Å². The van der Waals surface area contributed by atoms with E-state index < -0.39 is 23.7 Å². The Morgan fingerprint density at radius 3 is 2.68 bits per heavy atom. The first-order valence-corrected chi connectivity index (χ1v) is 9.15. The van der Waals surface area contributed by atoms with E-state index in [-0.39, 0.29) is 35.6 Å². The molecule has 0 spiro atoms. The summed E-state index contributed by atoms with van der Waals surface area (Å²) in [5.74, 6) is -1.13. The van der Waals surface area contributed by atoms with E-state index in [0.29, 0.717) is 19.5 Å². The van der Waals surface area contributed by atoms with E-state index in [4.69, 9.17) is 5.73 Å². The minimum atomic E-state index is -4.94. The normalized spacial score (nSPS) is 16.1. The number of likely N-dealkylation sites (tertiary alicyclic amines) is 1. The molecule has 166 valence electrons. The van der Waals surface area contributed by atoms with Crippen molar-refractivity contribution in [2.75, 3.05) is 23.7 Å². The number of anilines is 2. The summed E-state index contributed by atoms with van der Waals surface area (Å²) in [5.41, 5.74) is 4.98. The van der Waals surface area contributed by atoms with Crippen LogP contribution < -0.4 is 26.7 Å². The molecule has 0 aliphatic carbocycles. The number of hydrogen-bond acceptors (Lipinski definition) is 6. The monoisotopic (exact) mass is 440 g/mol. The Hall–Kier alpha value is -3.61. The van der Waals surface area contributed by atoms with Crippen molar-refractivity contribution in [1.29, 1.82) is 0 Å². The highest BCUT2D eigenvalue weighted by Crippen LogP contribution is 2.29. The van der Waals surface area contributed by atoms with Crippen molar-refractivity contribution in [3.8, 4) is 5.75 Å². The summed E-state index contributed by atoms with van der Waals surface area (Å²) >= 11 is 0. The van der Waals surface area contributed by atoms with Gasteiger partial charge in [0.1, 0.15) is 0 Å². The number of halogens is 3. The Morgan fingerprint density at radius 1 is 1.29 bits per heavy atom. The Labute approximate surface area is 173 Å². The molecule has 10 nitrogen and oxygen atoms in total. The van der Waals surface area contributed by atoms with Crippen LogP contribution in [0.1, 0.15) is 12.0 Å². The molecule has 2 aromatic rings. The van der Waals surface area contributed by atoms with Gasteiger partial charge in [-0.3, -0.25) is 19.9 Å².